The third-order valence-corrected chi connectivity index (χ3v) is 9.79. The fourth-order valence-electron chi connectivity index (χ4n) is 6.41. The lowest BCUT2D eigenvalue weighted by Gasteiger charge is -2.21. The Morgan fingerprint density at radius 2 is 1.44 bits per heavy atom. The summed E-state index contributed by atoms with van der Waals surface area (Å²) in [4.78, 5) is 39.0. The Balaban J connectivity index is 1.54. The van der Waals surface area contributed by atoms with E-state index in [2.05, 4.69) is 21.9 Å². The lowest BCUT2D eigenvalue weighted by molar-refractivity contribution is 0.0600. The molecule has 0 unspecified atom stereocenters. The van der Waals surface area contributed by atoms with E-state index in [0.29, 0.717) is 33.4 Å². The number of imidazole rings is 1. The van der Waals surface area contributed by atoms with Gasteiger partial charge in [-0.1, -0.05) is 120 Å². The number of methoxy groups -OCH3 is 2. The van der Waals surface area contributed by atoms with Gasteiger partial charge < -0.3 is 19.6 Å². The number of para-hydroxylation sites is 2. The topological polar surface area (TPSA) is 114 Å². The molecule has 2 N–H and O–H groups in total. The summed E-state index contributed by atoms with van der Waals surface area (Å²) in [5.41, 5.74) is 4.46. The highest BCUT2D eigenvalue weighted by Crippen LogP contribution is 2.41. The molecule has 4 aromatic rings. The van der Waals surface area contributed by atoms with Crippen LogP contribution in [0.5, 0.6) is 5.75 Å². The number of hydrogen-bond acceptors (Lipinski definition) is 7. The van der Waals surface area contributed by atoms with Crippen LogP contribution in [-0.2, 0) is 16.9 Å². The molecule has 0 saturated carbocycles. The van der Waals surface area contributed by atoms with E-state index in [-0.39, 0.29) is 16.9 Å². The molecule has 0 amide bonds. The number of thioether (sulfide) groups is 1. The van der Waals surface area contributed by atoms with E-state index in [1.165, 1.54) is 89.5 Å². The molecule has 0 aliphatic rings. The number of hydrogen-bond donors (Lipinski definition) is 2. The van der Waals surface area contributed by atoms with Gasteiger partial charge in [-0.25, -0.2) is 14.6 Å². The number of pyridine rings is 1. The van der Waals surface area contributed by atoms with Crippen LogP contribution in [0.2, 0.25) is 0 Å². The van der Waals surface area contributed by atoms with Gasteiger partial charge in [0, 0.05) is 16.9 Å². The zero-order chi connectivity index (χ0) is 34.3. The fraction of sp³-hybridized carbons (Fsp3) is 0.487. The van der Waals surface area contributed by atoms with Gasteiger partial charge in [0.1, 0.15) is 5.75 Å². The van der Waals surface area contributed by atoms with E-state index in [0.717, 1.165) is 35.9 Å². The van der Waals surface area contributed by atoms with Crippen molar-refractivity contribution in [3.8, 4) is 16.9 Å². The van der Waals surface area contributed by atoms with Gasteiger partial charge in [-0.3, -0.25) is 4.98 Å². The van der Waals surface area contributed by atoms with Crippen molar-refractivity contribution in [1.29, 1.82) is 0 Å². The predicted octanol–water partition coefficient (Wildman–Crippen LogP) is 10.4. The van der Waals surface area contributed by atoms with Crippen LogP contribution >= 0.6 is 11.8 Å². The van der Waals surface area contributed by atoms with Crippen LogP contribution < -0.4 is 4.74 Å². The molecule has 9 heteroatoms. The average Bonchev–Trinajstić information content (AvgIpc) is 3.51. The minimum atomic E-state index is -1.16. The number of rotatable bonds is 21. The largest absolute Gasteiger partial charge is 0.496 e. The van der Waals surface area contributed by atoms with E-state index < -0.39 is 11.9 Å². The molecule has 0 spiro atoms. The molecule has 0 aliphatic carbocycles. The summed E-state index contributed by atoms with van der Waals surface area (Å²) in [5.74, 6) is -1.01. The summed E-state index contributed by atoms with van der Waals surface area (Å²) in [7, 11) is 2.87. The van der Waals surface area contributed by atoms with Gasteiger partial charge in [0.25, 0.3) is 0 Å². The molecule has 8 nitrogen and oxygen atoms in total. The number of unbranched alkanes of at least 4 members (excludes halogenated alkanes) is 12. The highest BCUT2D eigenvalue weighted by Gasteiger charge is 2.31. The number of ether oxygens (including phenoxy) is 2. The number of aryl methyl sites for hydroxylation is 2. The number of nitrogens with one attached hydrogen (secondary N) is 1. The van der Waals surface area contributed by atoms with Crippen LogP contribution in [0.25, 0.3) is 22.2 Å². The van der Waals surface area contributed by atoms with Crippen LogP contribution in [-0.4, -0.2) is 46.2 Å². The van der Waals surface area contributed by atoms with Crippen molar-refractivity contribution in [3.05, 3.63) is 70.5 Å². The second-order valence-electron chi connectivity index (χ2n) is 12.4. The third kappa shape index (κ3) is 9.84. The number of aromatic carboxylic acids is 1. The zero-order valence-corrected chi connectivity index (χ0v) is 29.8. The number of esters is 1. The zero-order valence-electron chi connectivity index (χ0n) is 29.0. The van der Waals surface area contributed by atoms with Crippen LogP contribution in [0.3, 0.4) is 0 Å². The van der Waals surface area contributed by atoms with Crippen molar-refractivity contribution >= 4 is 34.7 Å². The lowest BCUT2D eigenvalue weighted by atomic mass is 9.87. The molecule has 0 bridgehead atoms. The fourth-order valence-corrected chi connectivity index (χ4v) is 7.24. The average molecular weight is 674 g/mol. The van der Waals surface area contributed by atoms with Gasteiger partial charge in [-0.05, 0) is 43.5 Å². The van der Waals surface area contributed by atoms with Crippen molar-refractivity contribution in [1.82, 2.24) is 15.0 Å². The standard InChI is InChI=1S/C39H51N3O5S/c1-5-6-7-8-9-10-11-12-13-14-15-16-17-21-28-22-20-25-32(46-3)34(28)36-33(37(43)44)27(2)40-31(35(36)38(45)47-4)26-48-39-41-29-23-18-19-24-30(29)42-39/h18-20,22-25H,5-17,21,26H2,1-4H3,(H,41,42)(H,43,44). The summed E-state index contributed by atoms with van der Waals surface area (Å²) < 4.78 is 11.1. The maximum atomic E-state index is 13.5. The van der Waals surface area contributed by atoms with E-state index in [4.69, 9.17) is 9.47 Å². The van der Waals surface area contributed by atoms with Crippen molar-refractivity contribution in [2.45, 2.75) is 115 Å². The number of H-pyrrole nitrogens is 1. The molecule has 2 heterocycles. The molecule has 0 saturated heterocycles. The Bertz CT molecular complexity index is 1620. The molecule has 2 aromatic carbocycles. The number of carboxylic acids is 1. The smallest absolute Gasteiger partial charge is 0.340 e. The maximum absolute atomic E-state index is 13.5. The minimum Gasteiger partial charge on any atom is -0.496 e. The first-order chi connectivity index (χ1) is 23.4. The first-order valence-electron chi connectivity index (χ1n) is 17.5. The molecule has 0 fully saturated rings. The Morgan fingerprint density at radius 3 is 2.04 bits per heavy atom. The third-order valence-electron chi connectivity index (χ3n) is 8.90. The van der Waals surface area contributed by atoms with Crippen LogP contribution in [0.4, 0.5) is 0 Å². The SMILES string of the molecule is CCCCCCCCCCCCCCCc1cccc(OC)c1-c1c(C(=O)O)c(C)nc(CSc2nc3ccccc3[nH]2)c1C(=O)OC. The van der Waals surface area contributed by atoms with E-state index in [1.54, 1.807) is 14.0 Å². The molecule has 48 heavy (non-hydrogen) atoms. The number of carbonyl (C=O) groups is 2. The van der Waals surface area contributed by atoms with Crippen LogP contribution in [0.1, 0.15) is 128 Å². The molecule has 4 rings (SSSR count). The Labute approximate surface area is 289 Å². The molecular weight excluding hydrogens is 623 g/mol. The Kier molecular flexibility index (Phi) is 14.8. The number of carboxylic acid groups (broad SMARTS) is 1. The number of aromatic amines is 1. The molecule has 258 valence electrons. The summed E-state index contributed by atoms with van der Waals surface area (Å²) in [6.45, 7) is 3.93. The first kappa shape index (κ1) is 37.0. The van der Waals surface area contributed by atoms with Gasteiger partial charge in [0.05, 0.1) is 47.8 Å². The second kappa shape index (κ2) is 19.2. The van der Waals surface area contributed by atoms with Crippen LogP contribution in [0, 0.1) is 6.92 Å². The number of nitrogens with zero attached hydrogens (tertiary/aromatic N) is 2. The monoisotopic (exact) mass is 673 g/mol. The van der Waals surface area contributed by atoms with Gasteiger partial charge in [-0.2, -0.15) is 0 Å². The predicted molar refractivity (Wildman–Crippen MR) is 194 cm³/mol. The Morgan fingerprint density at radius 1 is 0.792 bits per heavy atom. The van der Waals surface area contributed by atoms with Gasteiger partial charge in [0.2, 0.25) is 0 Å². The highest BCUT2D eigenvalue weighted by molar-refractivity contribution is 7.98. The normalized spacial score (nSPS) is 11.2. The summed E-state index contributed by atoms with van der Waals surface area (Å²) in [6.07, 6.45) is 17.2. The van der Waals surface area contributed by atoms with Gasteiger partial charge >= 0.3 is 11.9 Å². The molecule has 0 radical (unpaired) electrons. The summed E-state index contributed by atoms with van der Waals surface area (Å²) in [6, 6.07) is 13.5. The van der Waals surface area contributed by atoms with E-state index >= 15 is 0 Å². The number of benzene rings is 2. The van der Waals surface area contributed by atoms with Crippen molar-refractivity contribution < 1.29 is 24.2 Å². The van der Waals surface area contributed by atoms with E-state index in [1.807, 2.05) is 42.5 Å². The van der Waals surface area contributed by atoms with Crippen molar-refractivity contribution in [3.63, 3.8) is 0 Å². The van der Waals surface area contributed by atoms with E-state index in [9.17, 15) is 14.7 Å². The summed E-state index contributed by atoms with van der Waals surface area (Å²) >= 11 is 1.40. The molecule has 2 aromatic heterocycles. The minimum absolute atomic E-state index is 0.0241. The maximum Gasteiger partial charge on any atom is 0.340 e. The van der Waals surface area contributed by atoms with Gasteiger partial charge in [-0.15, -0.1) is 0 Å². The highest BCUT2D eigenvalue weighted by atomic mass is 32.2. The second-order valence-corrected chi connectivity index (χ2v) is 13.4. The quantitative estimate of drug-likeness (QED) is 0.0510. The van der Waals surface area contributed by atoms with Crippen LogP contribution in [0.15, 0.2) is 47.6 Å². The first-order valence-corrected chi connectivity index (χ1v) is 18.5. The molecular formula is C39H51N3O5S. The van der Waals surface area contributed by atoms with Crippen molar-refractivity contribution in [2.24, 2.45) is 0 Å². The number of fused-ring (bicyclic) bond motifs is 1. The van der Waals surface area contributed by atoms with Crippen molar-refractivity contribution in [2.75, 3.05) is 14.2 Å². The summed E-state index contributed by atoms with van der Waals surface area (Å²) in [5, 5.41) is 11.1. The number of aromatic nitrogens is 3. The van der Waals surface area contributed by atoms with Gasteiger partial charge in [0.15, 0.2) is 5.16 Å². The lowest BCUT2D eigenvalue weighted by Crippen LogP contribution is -2.17. The molecule has 0 atom stereocenters. The molecule has 0 aliphatic heterocycles. The number of carbonyl (C=O) groups excluding carboxylic acids is 1. The Hall–Kier alpha value is -3.85.